The smallest absolute Gasteiger partial charge is 0.325 e. The van der Waals surface area contributed by atoms with Gasteiger partial charge in [0.1, 0.15) is 11.9 Å². The third-order valence-corrected chi connectivity index (χ3v) is 5.98. The Kier molecular flexibility index (Phi) is 5.00. The molecule has 150 valence electrons. The van der Waals surface area contributed by atoms with Crippen molar-refractivity contribution in [3.05, 3.63) is 24.3 Å². The number of primary amides is 1. The molecule has 3 aliphatic rings. The lowest BCUT2D eigenvalue weighted by Gasteiger charge is -2.32. The van der Waals surface area contributed by atoms with Gasteiger partial charge >= 0.3 is 6.03 Å². The number of hydrogen-bond donors (Lipinski definition) is 1. The standard InChI is InChI=1S/C21H29N5O2/c1-14(2)20-23-11-5-13-24(20)15-7-9-16(10-8-15)26-18(19(22)27)17-6-3-4-12-25(17)21(26)28/h7-10,14,17-18H,3-6,11-13H2,1-2H3,(H2,22,27)/t17-,18?/m1/s1. The predicted molar refractivity (Wildman–Crippen MR) is 111 cm³/mol. The molecule has 0 aromatic heterocycles. The molecule has 1 aromatic carbocycles. The molecule has 0 saturated carbocycles. The highest BCUT2D eigenvalue weighted by Gasteiger charge is 2.49. The quantitative estimate of drug-likeness (QED) is 0.868. The van der Waals surface area contributed by atoms with Crippen molar-refractivity contribution >= 4 is 29.1 Å². The maximum Gasteiger partial charge on any atom is 0.325 e. The highest BCUT2D eigenvalue weighted by atomic mass is 16.2. The van der Waals surface area contributed by atoms with Gasteiger partial charge in [0.2, 0.25) is 5.91 Å². The highest BCUT2D eigenvalue weighted by molar-refractivity contribution is 6.04. The van der Waals surface area contributed by atoms with E-state index in [0.29, 0.717) is 12.5 Å². The third-order valence-electron chi connectivity index (χ3n) is 5.98. The molecule has 2 atom stereocenters. The van der Waals surface area contributed by atoms with Crippen LogP contribution in [0.4, 0.5) is 16.2 Å². The number of amides is 3. The topological polar surface area (TPSA) is 82.2 Å². The average molecular weight is 383 g/mol. The van der Waals surface area contributed by atoms with Gasteiger partial charge in [0.25, 0.3) is 0 Å². The van der Waals surface area contributed by atoms with Crippen LogP contribution in [0.1, 0.15) is 39.5 Å². The average Bonchev–Trinajstić information content (AvgIpc) is 3.01. The Morgan fingerprint density at radius 1 is 1.11 bits per heavy atom. The van der Waals surface area contributed by atoms with Crippen molar-refractivity contribution in [1.29, 1.82) is 0 Å². The van der Waals surface area contributed by atoms with Crippen LogP contribution in [0.2, 0.25) is 0 Å². The zero-order valence-electron chi connectivity index (χ0n) is 16.7. The summed E-state index contributed by atoms with van der Waals surface area (Å²) >= 11 is 0. The number of carbonyl (C=O) groups excluding carboxylic acids is 2. The number of aliphatic imine (C=N–C) groups is 1. The van der Waals surface area contributed by atoms with E-state index in [1.54, 1.807) is 4.90 Å². The van der Waals surface area contributed by atoms with Crippen molar-refractivity contribution in [2.45, 2.75) is 51.6 Å². The lowest BCUT2D eigenvalue weighted by Crippen LogP contribution is -2.48. The minimum Gasteiger partial charge on any atom is -0.368 e. The predicted octanol–water partition coefficient (Wildman–Crippen LogP) is 2.60. The SMILES string of the molecule is CC(C)C1=NCCCN1c1ccc(N2C(=O)N3CCCC[C@@H]3C2C(N)=O)cc1. The van der Waals surface area contributed by atoms with E-state index in [9.17, 15) is 9.59 Å². The first kappa shape index (κ1) is 18.8. The van der Waals surface area contributed by atoms with Gasteiger partial charge in [0, 0.05) is 36.9 Å². The number of carbonyl (C=O) groups is 2. The van der Waals surface area contributed by atoms with Gasteiger partial charge in [-0.3, -0.25) is 14.7 Å². The van der Waals surface area contributed by atoms with Crippen LogP contribution in [0.3, 0.4) is 0 Å². The van der Waals surface area contributed by atoms with E-state index < -0.39 is 11.9 Å². The van der Waals surface area contributed by atoms with Crippen LogP contribution >= 0.6 is 0 Å². The van der Waals surface area contributed by atoms with Gasteiger partial charge in [0.15, 0.2) is 0 Å². The van der Waals surface area contributed by atoms with Gasteiger partial charge in [0.05, 0.1) is 6.04 Å². The summed E-state index contributed by atoms with van der Waals surface area (Å²) in [6, 6.07) is 7.07. The van der Waals surface area contributed by atoms with E-state index >= 15 is 0 Å². The van der Waals surface area contributed by atoms with Gasteiger partial charge in [-0.15, -0.1) is 0 Å². The third kappa shape index (κ3) is 3.12. The summed E-state index contributed by atoms with van der Waals surface area (Å²) in [6.07, 6.45) is 3.86. The molecule has 0 aliphatic carbocycles. The van der Waals surface area contributed by atoms with Gasteiger partial charge in [-0.25, -0.2) is 4.79 Å². The number of urea groups is 1. The summed E-state index contributed by atoms with van der Waals surface area (Å²) in [5.41, 5.74) is 7.50. The normalized spacial score (nSPS) is 25.2. The van der Waals surface area contributed by atoms with Crippen molar-refractivity contribution in [1.82, 2.24) is 4.90 Å². The van der Waals surface area contributed by atoms with E-state index in [0.717, 1.165) is 56.0 Å². The molecule has 2 fully saturated rings. The maximum atomic E-state index is 13.0. The van der Waals surface area contributed by atoms with E-state index in [1.165, 1.54) is 0 Å². The first-order chi connectivity index (χ1) is 13.5. The van der Waals surface area contributed by atoms with E-state index in [-0.39, 0.29) is 12.1 Å². The van der Waals surface area contributed by atoms with Crippen molar-refractivity contribution in [2.75, 3.05) is 29.4 Å². The van der Waals surface area contributed by atoms with Crippen LogP contribution in [0, 0.1) is 5.92 Å². The molecule has 7 heteroatoms. The molecule has 2 N–H and O–H groups in total. The molecule has 1 aromatic rings. The van der Waals surface area contributed by atoms with Crippen LogP contribution in [-0.4, -0.2) is 54.4 Å². The minimum atomic E-state index is -0.596. The van der Waals surface area contributed by atoms with E-state index in [4.69, 9.17) is 10.7 Å². The van der Waals surface area contributed by atoms with Gasteiger partial charge in [-0.1, -0.05) is 13.8 Å². The summed E-state index contributed by atoms with van der Waals surface area (Å²) in [4.78, 5) is 35.5. The molecule has 0 bridgehead atoms. The fourth-order valence-electron chi connectivity index (χ4n) is 4.71. The Hall–Kier alpha value is -2.57. The summed E-state index contributed by atoms with van der Waals surface area (Å²) in [6.45, 7) is 6.83. The molecule has 0 radical (unpaired) electrons. The number of piperidine rings is 1. The number of rotatable bonds is 4. The van der Waals surface area contributed by atoms with E-state index in [1.807, 2.05) is 29.2 Å². The Morgan fingerprint density at radius 2 is 1.82 bits per heavy atom. The molecule has 4 rings (SSSR count). The number of hydrogen-bond acceptors (Lipinski definition) is 4. The van der Waals surface area contributed by atoms with Gasteiger partial charge in [-0.05, 0) is 49.9 Å². The zero-order valence-corrected chi connectivity index (χ0v) is 16.7. The molecular formula is C21H29N5O2. The second-order valence-corrected chi connectivity index (χ2v) is 8.17. The van der Waals surface area contributed by atoms with E-state index in [2.05, 4.69) is 18.7 Å². The number of amidine groups is 1. The number of nitrogens with two attached hydrogens (primary N) is 1. The molecule has 28 heavy (non-hydrogen) atoms. The van der Waals surface area contributed by atoms with Crippen molar-refractivity contribution in [2.24, 2.45) is 16.6 Å². The molecule has 1 unspecified atom stereocenters. The second kappa shape index (κ2) is 7.45. The van der Waals surface area contributed by atoms with Crippen molar-refractivity contribution in [3.8, 4) is 0 Å². The van der Waals surface area contributed by atoms with Crippen molar-refractivity contribution in [3.63, 3.8) is 0 Å². The lowest BCUT2D eigenvalue weighted by atomic mass is 9.97. The number of fused-ring (bicyclic) bond motifs is 1. The van der Waals surface area contributed by atoms with Crippen LogP contribution in [0.5, 0.6) is 0 Å². The number of nitrogens with zero attached hydrogens (tertiary/aromatic N) is 4. The largest absolute Gasteiger partial charge is 0.368 e. The van der Waals surface area contributed by atoms with Crippen molar-refractivity contribution < 1.29 is 9.59 Å². The molecule has 2 saturated heterocycles. The fraction of sp³-hybridized carbons (Fsp3) is 0.571. The first-order valence-electron chi connectivity index (χ1n) is 10.3. The Balaban J connectivity index is 1.62. The molecule has 3 heterocycles. The highest BCUT2D eigenvalue weighted by Crippen LogP contribution is 2.35. The fourth-order valence-corrected chi connectivity index (χ4v) is 4.71. The molecule has 0 spiro atoms. The van der Waals surface area contributed by atoms with Crippen LogP contribution in [0.15, 0.2) is 29.3 Å². The molecular weight excluding hydrogens is 354 g/mol. The molecule has 3 amide bonds. The number of anilines is 2. The van der Waals surface area contributed by atoms with Crippen LogP contribution < -0.4 is 15.5 Å². The number of benzene rings is 1. The monoisotopic (exact) mass is 383 g/mol. The summed E-state index contributed by atoms with van der Waals surface area (Å²) < 4.78 is 0. The second-order valence-electron chi connectivity index (χ2n) is 8.17. The minimum absolute atomic E-state index is 0.108. The van der Waals surface area contributed by atoms with Gasteiger partial charge in [-0.2, -0.15) is 0 Å². The molecule has 3 aliphatic heterocycles. The first-order valence-corrected chi connectivity index (χ1v) is 10.3. The maximum absolute atomic E-state index is 13.0. The Labute approximate surface area is 166 Å². The Morgan fingerprint density at radius 3 is 2.50 bits per heavy atom. The summed E-state index contributed by atoms with van der Waals surface area (Å²) in [5.74, 6) is 1.02. The van der Waals surface area contributed by atoms with Gasteiger partial charge < -0.3 is 15.5 Å². The zero-order chi connectivity index (χ0) is 19.8. The Bertz CT molecular complexity index is 788. The van der Waals surface area contributed by atoms with Crippen LogP contribution in [0.25, 0.3) is 0 Å². The lowest BCUT2D eigenvalue weighted by molar-refractivity contribution is -0.119. The summed E-state index contributed by atoms with van der Waals surface area (Å²) in [5, 5.41) is 0. The van der Waals surface area contributed by atoms with Crippen LogP contribution in [-0.2, 0) is 4.79 Å². The summed E-state index contributed by atoms with van der Waals surface area (Å²) in [7, 11) is 0. The molecule has 7 nitrogen and oxygen atoms in total.